The molecule has 4 amide bonds. The fourth-order valence-electron chi connectivity index (χ4n) is 2.52. The summed E-state index contributed by atoms with van der Waals surface area (Å²) < 4.78 is 0. The third kappa shape index (κ3) is 3.65. The summed E-state index contributed by atoms with van der Waals surface area (Å²) in [6.07, 6.45) is 0.183. The molecular formula is C16H17N2O4Rb. The molecule has 2 aliphatic heterocycles. The molecule has 0 aromatic heterocycles. The molecule has 7 heteroatoms. The van der Waals surface area contributed by atoms with Crippen molar-refractivity contribution < 1.29 is 77.4 Å². The van der Waals surface area contributed by atoms with E-state index in [-0.39, 0.29) is 77.1 Å². The van der Waals surface area contributed by atoms with Crippen LogP contribution in [0.1, 0.15) is 53.0 Å². The van der Waals surface area contributed by atoms with Crippen molar-refractivity contribution in [3.8, 4) is 0 Å². The number of benzene rings is 1. The Balaban J connectivity index is 0.000000849. The maximum atomic E-state index is 12.4. The van der Waals surface area contributed by atoms with Crippen LogP contribution in [0.3, 0.4) is 0 Å². The minimum Gasteiger partial charge on any atom is -0.400 e. The zero-order valence-electron chi connectivity index (χ0n) is 13.7. The van der Waals surface area contributed by atoms with Crippen molar-refractivity contribution in [1.29, 1.82) is 0 Å². The van der Waals surface area contributed by atoms with E-state index < -0.39 is 23.6 Å². The predicted octanol–water partition coefficient (Wildman–Crippen LogP) is -1.41. The summed E-state index contributed by atoms with van der Waals surface area (Å²) in [7, 11) is 0. The molecule has 3 rings (SSSR count). The molecule has 1 fully saturated rings. The first kappa shape index (κ1) is 20.2. The molecule has 0 saturated carbocycles. The van der Waals surface area contributed by atoms with Crippen molar-refractivity contribution in [1.82, 2.24) is 10.2 Å². The number of carbonyl (C=O) groups is 4. The van der Waals surface area contributed by atoms with Crippen LogP contribution < -0.4 is 63.5 Å². The Hall–Kier alpha value is -0.825. The summed E-state index contributed by atoms with van der Waals surface area (Å²) in [6.45, 7) is 5.74. The van der Waals surface area contributed by atoms with Gasteiger partial charge in [0, 0.05) is 6.42 Å². The Labute approximate surface area is 183 Å². The molecule has 1 aromatic carbocycles. The molecule has 0 unspecified atom stereocenters. The van der Waals surface area contributed by atoms with Crippen molar-refractivity contribution in [3.63, 3.8) is 0 Å². The van der Waals surface area contributed by atoms with Crippen molar-refractivity contribution in [2.45, 2.75) is 33.6 Å². The van der Waals surface area contributed by atoms with E-state index in [1.807, 2.05) is 13.8 Å². The van der Waals surface area contributed by atoms with E-state index in [1.165, 1.54) is 0 Å². The van der Waals surface area contributed by atoms with Gasteiger partial charge in [0.05, 0.1) is 11.1 Å². The van der Waals surface area contributed by atoms with Gasteiger partial charge in [0.2, 0.25) is 17.7 Å². The van der Waals surface area contributed by atoms with Crippen LogP contribution in [0.2, 0.25) is 0 Å². The zero-order valence-corrected chi connectivity index (χ0v) is 18.6. The first-order valence-electron chi connectivity index (χ1n) is 7.19. The fraction of sp³-hybridized carbons (Fsp3) is 0.312. The molecule has 0 aliphatic carbocycles. The zero-order chi connectivity index (χ0) is 16.4. The smallest absolute Gasteiger partial charge is 0.400 e. The van der Waals surface area contributed by atoms with Crippen LogP contribution >= 0.6 is 0 Å². The quantitative estimate of drug-likeness (QED) is 0.475. The topological polar surface area (TPSA) is 83.6 Å². The SMILES string of the molecule is CC.Cc1cccc2c1C(=O)N([C-]1CCC(=O)NC1=O)C2=O.[Rb+]. The molecule has 0 radical (unpaired) electrons. The Bertz CT molecular complexity index is 672. The molecule has 1 saturated heterocycles. The number of fused-ring (bicyclic) bond motifs is 1. The number of carbonyl (C=O) groups excluding carboxylic acids is 4. The van der Waals surface area contributed by atoms with E-state index in [0.29, 0.717) is 16.7 Å². The number of rotatable bonds is 1. The van der Waals surface area contributed by atoms with Crippen molar-refractivity contribution in [2.24, 2.45) is 0 Å². The molecule has 1 N–H and O–H groups in total. The maximum Gasteiger partial charge on any atom is 1.00 e. The van der Waals surface area contributed by atoms with Crippen LogP contribution in [0.15, 0.2) is 18.2 Å². The first-order chi connectivity index (χ1) is 10.5. The van der Waals surface area contributed by atoms with Crippen molar-refractivity contribution in [2.75, 3.05) is 0 Å². The Morgan fingerprint density at radius 2 is 1.74 bits per heavy atom. The number of piperidine rings is 1. The number of amides is 4. The molecule has 2 aliphatic rings. The summed E-state index contributed by atoms with van der Waals surface area (Å²) in [5, 5.41) is 2.13. The van der Waals surface area contributed by atoms with Gasteiger partial charge in [-0.15, -0.1) is 6.42 Å². The monoisotopic (exact) mass is 386 g/mol. The molecular weight excluding hydrogens is 370 g/mol. The third-order valence-corrected chi connectivity index (χ3v) is 3.50. The molecule has 23 heavy (non-hydrogen) atoms. The minimum atomic E-state index is -0.673. The average Bonchev–Trinajstić information content (AvgIpc) is 2.75. The van der Waals surface area contributed by atoms with Gasteiger partial charge in [0.1, 0.15) is 5.91 Å². The van der Waals surface area contributed by atoms with Crippen molar-refractivity contribution in [3.05, 3.63) is 40.9 Å². The second-order valence-corrected chi connectivity index (χ2v) is 4.77. The van der Waals surface area contributed by atoms with E-state index >= 15 is 0 Å². The van der Waals surface area contributed by atoms with Gasteiger partial charge in [-0.1, -0.05) is 26.0 Å². The molecule has 6 nitrogen and oxygen atoms in total. The van der Waals surface area contributed by atoms with Gasteiger partial charge in [0.25, 0.3) is 0 Å². The average molecular weight is 387 g/mol. The van der Waals surface area contributed by atoms with Gasteiger partial charge >= 0.3 is 58.2 Å². The second-order valence-electron chi connectivity index (χ2n) is 4.77. The fourth-order valence-corrected chi connectivity index (χ4v) is 2.52. The van der Waals surface area contributed by atoms with E-state index in [0.717, 1.165) is 4.90 Å². The molecule has 0 bridgehead atoms. The third-order valence-electron chi connectivity index (χ3n) is 3.50. The summed E-state index contributed by atoms with van der Waals surface area (Å²) in [4.78, 5) is 48.5. The van der Waals surface area contributed by atoms with Crippen LogP contribution in [-0.4, -0.2) is 28.5 Å². The summed E-state index contributed by atoms with van der Waals surface area (Å²) in [5.74, 6) is -2.07. The number of hydrogen-bond donors (Lipinski definition) is 1. The number of nitrogens with zero attached hydrogens (tertiary/aromatic N) is 1. The van der Waals surface area contributed by atoms with Gasteiger partial charge in [-0.25, -0.2) is 0 Å². The second kappa shape index (κ2) is 8.33. The summed E-state index contributed by atoms with van der Waals surface area (Å²) in [5.41, 5.74) is 1.32. The molecule has 1 aromatic rings. The molecule has 0 spiro atoms. The maximum absolute atomic E-state index is 12.4. The standard InChI is InChI=1S/C14H11N2O4.C2H6.Rb/c1-7-3-2-4-8-11(7)14(20)16(13(8)19)9-5-6-10(17)15-12(9)18;1-2;/h2-4H,5-6H2,1H3,(H,15,17,18);1-2H3;/q-1;;+1. The van der Waals surface area contributed by atoms with Gasteiger partial charge in [0.15, 0.2) is 0 Å². The van der Waals surface area contributed by atoms with Crippen LogP contribution in [0.5, 0.6) is 0 Å². The number of nitrogens with one attached hydrogen (secondary N) is 1. The van der Waals surface area contributed by atoms with Crippen molar-refractivity contribution >= 4 is 23.6 Å². The van der Waals surface area contributed by atoms with Gasteiger partial charge in [-0.05, 0) is 18.6 Å². The van der Waals surface area contributed by atoms with Gasteiger partial charge < -0.3 is 15.0 Å². The largest absolute Gasteiger partial charge is 1.00 e. The predicted molar refractivity (Wildman–Crippen MR) is 78.7 cm³/mol. The molecule has 0 atom stereocenters. The van der Waals surface area contributed by atoms with Crippen LogP contribution in [0.25, 0.3) is 0 Å². The van der Waals surface area contributed by atoms with E-state index in [2.05, 4.69) is 5.32 Å². The van der Waals surface area contributed by atoms with E-state index in [9.17, 15) is 19.2 Å². The molecule has 2 heterocycles. The first-order valence-corrected chi connectivity index (χ1v) is 7.19. The minimum absolute atomic E-state index is 0. The number of imide groups is 2. The van der Waals surface area contributed by atoms with Crippen LogP contribution in [0, 0.1) is 13.0 Å². The Kier molecular flexibility index (Phi) is 7.32. The normalized spacial score (nSPS) is 16.3. The van der Waals surface area contributed by atoms with Crippen LogP contribution in [0.4, 0.5) is 0 Å². The van der Waals surface area contributed by atoms with E-state index in [1.54, 1.807) is 25.1 Å². The Morgan fingerprint density at radius 1 is 1.09 bits per heavy atom. The summed E-state index contributed by atoms with van der Waals surface area (Å²) >= 11 is 0. The number of hydrogen-bond acceptors (Lipinski definition) is 4. The van der Waals surface area contributed by atoms with Gasteiger partial charge in [-0.3, -0.25) is 14.4 Å². The van der Waals surface area contributed by atoms with Crippen LogP contribution in [-0.2, 0) is 9.59 Å². The van der Waals surface area contributed by atoms with E-state index in [4.69, 9.17) is 0 Å². The Morgan fingerprint density at radius 3 is 2.30 bits per heavy atom. The number of aryl methyl sites for hydroxylation is 1. The van der Waals surface area contributed by atoms with Gasteiger partial charge in [-0.2, -0.15) is 6.04 Å². The molecule has 116 valence electrons. The summed E-state index contributed by atoms with van der Waals surface area (Å²) in [6, 6.07) is 5.03.